The van der Waals surface area contributed by atoms with E-state index in [1.54, 1.807) is 0 Å². The van der Waals surface area contributed by atoms with Crippen molar-refractivity contribution in [3.63, 3.8) is 0 Å². The van der Waals surface area contributed by atoms with Gasteiger partial charge in [0.05, 0.1) is 16.5 Å². The van der Waals surface area contributed by atoms with Gasteiger partial charge in [-0.1, -0.05) is 370 Å². The minimum atomic E-state index is -0.508. The number of furan rings is 2. The van der Waals surface area contributed by atoms with Gasteiger partial charge in [0.25, 0.3) is 0 Å². The monoisotopic (exact) mass is 1530 g/mol. The Labute approximate surface area is 698 Å². The summed E-state index contributed by atoms with van der Waals surface area (Å²) < 4.78 is 12.3. The lowest BCUT2D eigenvalue weighted by atomic mass is 9.67. The van der Waals surface area contributed by atoms with Gasteiger partial charge in [-0.15, -0.1) is 0 Å². The third kappa shape index (κ3) is 12.1. The van der Waals surface area contributed by atoms with Crippen molar-refractivity contribution >= 4 is 78.0 Å². The van der Waals surface area contributed by atoms with Gasteiger partial charge < -0.3 is 18.6 Å². The Balaban J connectivity index is 0.000000145. The molecule has 2 aromatic heterocycles. The molecular formula is C116H78N2O2. The Morgan fingerprint density at radius 3 is 0.850 bits per heavy atom. The minimum absolute atomic E-state index is 0.505. The van der Waals surface area contributed by atoms with E-state index in [1.807, 2.05) is 24.3 Å². The van der Waals surface area contributed by atoms with Crippen molar-refractivity contribution in [2.45, 2.75) is 10.8 Å². The molecule has 0 unspecified atom stereocenters. The summed E-state index contributed by atoms with van der Waals surface area (Å²) in [5.41, 5.74) is 36.1. The zero-order chi connectivity index (χ0) is 79.5. The first-order valence-electron chi connectivity index (χ1n) is 41.2. The van der Waals surface area contributed by atoms with Crippen LogP contribution in [0.4, 0.5) is 34.1 Å². The summed E-state index contributed by atoms with van der Waals surface area (Å²) in [6.07, 6.45) is 0. The molecule has 0 saturated heterocycles. The van der Waals surface area contributed by atoms with Gasteiger partial charge in [-0.3, -0.25) is 0 Å². The van der Waals surface area contributed by atoms with Crippen molar-refractivity contribution in [1.82, 2.24) is 0 Å². The summed E-state index contributed by atoms with van der Waals surface area (Å²) >= 11 is 0. The lowest BCUT2D eigenvalue weighted by Gasteiger charge is -2.35. The number of hydrogen-bond donors (Lipinski definition) is 0. The molecule has 4 heteroatoms. The van der Waals surface area contributed by atoms with Crippen molar-refractivity contribution in [3.8, 4) is 77.9 Å². The summed E-state index contributed by atoms with van der Waals surface area (Å²) in [7, 11) is 0. The quantitative estimate of drug-likeness (QED) is 0.102. The molecule has 0 spiro atoms. The summed E-state index contributed by atoms with van der Waals surface area (Å²) in [5.74, 6) is 0. The van der Waals surface area contributed by atoms with Crippen LogP contribution in [0.1, 0.15) is 44.5 Å². The molecule has 21 aromatic rings. The van der Waals surface area contributed by atoms with Crippen LogP contribution in [-0.2, 0) is 10.8 Å². The fraction of sp³-hybridized carbons (Fsp3) is 0.0172. The van der Waals surface area contributed by atoms with E-state index in [1.165, 1.54) is 100 Å². The Bertz CT molecular complexity index is 7270. The molecule has 0 amide bonds. The van der Waals surface area contributed by atoms with E-state index in [0.29, 0.717) is 0 Å². The maximum Gasteiger partial charge on any atom is 0.135 e. The number of fused-ring (bicyclic) bond motifs is 12. The third-order valence-corrected chi connectivity index (χ3v) is 24.8. The van der Waals surface area contributed by atoms with Crippen molar-refractivity contribution in [1.29, 1.82) is 0 Å². The van der Waals surface area contributed by atoms with E-state index in [0.717, 1.165) is 100 Å². The topological polar surface area (TPSA) is 32.8 Å². The van der Waals surface area contributed by atoms with Crippen molar-refractivity contribution in [2.75, 3.05) is 9.80 Å². The highest BCUT2D eigenvalue weighted by Gasteiger charge is 2.48. The number of anilines is 6. The highest BCUT2D eigenvalue weighted by Crippen LogP contribution is 2.60. The van der Waals surface area contributed by atoms with E-state index in [9.17, 15) is 0 Å². The van der Waals surface area contributed by atoms with Gasteiger partial charge in [-0.2, -0.15) is 0 Å². The molecule has 19 aromatic carbocycles. The molecule has 0 aliphatic heterocycles. The van der Waals surface area contributed by atoms with Gasteiger partial charge >= 0.3 is 0 Å². The molecule has 2 aliphatic carbocycles. The van der Waals surface area contributed by atoms with Crippen LogP contribution >= 0.6 is 0 Å². The zero-order valence-electron chi connectivity index (χ0n) is 65.7. The smallest absolute Gasteiger partial charge is 0.135 e. The third-order valence-electron chi connectivity index (χ3n) is 24.8. The number of benzene rings is 19. The second-order valence-electron chi connectivity index (χ2n) is 31.3. The average molecular weight is 1530 g/mol. The zero-order valence-corrected chi connectivity index (χ0v) is 65.7. The highest BCUT2D eigenvalue weighted by atomic mass is 16.3. The molecule has 564 valence electrons. The van der Waals surface area contributed by atoms with Crippen molar-refractivity contribution in [3.05, 3.63) is 518 Å². The molecule has 0 fully saturated rings. The van der Waals surface area contributed by atoms with E-state index >= 15 is 0 Å². The van der Waals surface area contributed by atoms with Crippen LogP contribution in [0.25, 0.3) is 122 Å². The van der Waals surface area contributed by atoms with Crippen LogP contribution in [0, 0.1) is 0 Å². The first kappa shape index (κ1) is 71.0. The van der Waals surface area contributed by atoms with Gasteiger partial charge in [0.1, 0.15) is 22.3 Å². The van der Waals surface area contributed by atoms with Gasteiger partial charge in [0.2, 0.25) is 0 Å². The molecular weight excluding hydrogens is 1450 g/mol. The van der Waals surface area contributed by atoms with Crippen LogP contribution in [0.15, 0.2) is 482 Å². The van der Waals surface area contributed by atoms with Crippen LogP contribution in [0.5, 0.6) is 0 Å². The summed E-state index contributed by atoms with van der Waals surface area (Å²) in [6.45, 7) is 0. The molecule has 0 N–H and O–H groups in total. The molecule has 2 heterocycles. The first-order valence-corrected chi connectivity index (χ1v) is 41.2. The maximum atomic E-state index is 6.17. The SMILES string of the molecule is c1ccc(-c2ccc(-c3ccc(N(c4ccc(-c5ccc6oc7ccccc7c6c5)cc4)c4ccc5c(c4)C(c4ccccc4)(c4ccccc4)c4ccccc4-5)cc3)cc2)cc1.c1ccc(-c2ccccc2N(c2ccc(-c3ccc4oc5ccccc5c4c3)cc2)c2ccc3c(c2)C(c2ccccc2)(c2ccccc2)c2ccccc2-3)cc1. The van der Waals surface area contributed by atoms with Crippen molar-refractivity contribution < 1.29 is 8.83 Å². The molecule has 2 aliphatic rings. The fourth-order valence-corrected chi connectivity index (χ4v) is 19.3. The van der Waals surface area contributed by atoms with Crippen LogP contribution in [0.3, 0.4) is 0 Å². The predicted octanol–water partition coefficient (Wildman–Crippen LogP) is 31.2. The molecule has 4 nitrogen and oxygen atoms in total. The Morgan fingerprint density at radius 1 is 0.158 bits per heavy atom. The van der Waals surface area contributed by atoms with E-state index in [4.69, 9.17) is 8.83 Å². The van der Waals surface area contributed by atoms with Crippen LogP contribution in [-0.4, -0.2) is 0 Å². The van der Waals surface area contributed by atoms with Gasteiger partial charge in [0.15, 0.2) is 0 Å². The van der Waals surface area contributed by atoms with Gasteiger partial charge in [0, 0.05) is 55.5 Å². The molecule has 23 rings (SSSR count). The Hall–Kier alpha value is -15.6. The fourth-order valence-electron chi connectivity index (χ4n) is 19.3. The summed E-state index contributed by atoms with van der Waals surface area (Å²) in [4.78, 5) is 4.84. The maximum absolute atomic E-state index is 6.17. The second-order valence-corrected chi connectivity index (χ2v) is 31.3. The molecule has 0 radical (unpaired) electrons. The molecule has 120 heavy (non-hydrogen) atoms. The average Bonchev–Trinajstić information content (AvgIpc) is 1.54. The van der Waals surface area contributed by atoms with Crippen LogP contribution in [0.2, 0.25) is 0 Å². The molecule has 0 saturated carbocycles. The predicted molar refractivity (Wildman–Crippen MR) is 499 cm³/mol. The van der Waals surface area contributed by atoms with Gasteiger partial charge in [-0.25, -0.2) is 0 Å². The van der Waals surface area contributed by atoms with E-state index in [2.05, 4.69) is 459 Å². The summed E-state index contributed by atoms with van der Waals surface area (Å²) in [5, 5.41) is 4.53. The largest absolute Gasteiger partial charge is 0.456 e. The summed E-state index contributed by atoms with van der Waals surface area (Å²) in [6, 6.07) is 172. The number of para-hydroxylation sites is 3. The Kier molecular flexibility index (Phi) is 17.7. The van der Waals surface area contributed by atoms with Crippen molar-refractivity contribution in [2.24, 2.45) is 0 Å². The standard InChI is InChI=1S/C61H41NO.C55H37NO/c1-4-14-42(15-5-1)43-24-26-44(27-25-43)45-28-33-50(34-29-45)62(51-35-30-46(31-36-51)47-32-39-60-56(40-47)55-21-11-13-23-59(55)63-60)52-37-38-54-53-20-10-12-22-57(53)61(58(54)41-52,48-16-6-2-7-17-48)49-18-8-3-9-19-49;1-4-16-39(17-5-1)45-22-11-14-26-52(45)56(43-31-28-38(29-32-43)40-30-35-54-49(36-40)48-24-12-15-27-53(48)57-54)44-33-34-47-46-23-10-13-25-50(46)55(51(47)37-44,41-18-6-2-7-19-41)42-20-8-3-9-21-42/h1-41H;1-37H. The normalized spacial score (nSPS) is 12.6. The van der Waals surface area contributed by atoms with E-state index < -0.39 is 10.8 Å². The minimum Gasteiger partial charge on any atom is -0.456 e. The second kappa shape index (κ2) is 29.9. The lowest BCUT2D eigenvalue weighted by molar-refractivity contribution is 0.668. The van der Waals surface area contributed by atoms with E-state index in [-0.39, 0.29) is 0 Å². The highest BCUT2D eigenvalue weighted by molar-refractivity contribution is 6.08. The number of nitrogens with zero attached hydrogens (tertiary/aromatic N) is 2. The van der Waals surface area contributed by atoms with Gasteiger partial charge in [-0.05, 0) is 220 Å². The number of hydrogen-bond acceptors (Lipinski definition) is 4. The van der Waals surface area contributed by atoms with Crippen LogP contribution < -0.4 is 9.80 Å². The molecule has 0 bridgehead atoms. The molecule has 0 atom stereocenters. The first-order chi connectivity index (χ1) is 59.5. The number of rotatable bonds is 15. The Morgan fingerprint density at radius 2 is 0.433 bits per heavy atom. The lowest BCUT2D eigenvalue weighted by Crippen LogP contribution is -2.28.